The first-order valence-corrected chi connectivity index (χ1v) is 6.09. The van der Waals surface area contributed by atoms with Crippen LogP contribution in [0.1, 0.15) is 29.5 Å². The Morgan fingerprint density at radius 1 is 1.29 bits per heavy atom. The van der Waals surface area contributed by atoms with Crippen LogP contribution in [0, 0.1) is 11.3 Å². The Labute approximate surface area is 101 Å². The maximum Gasteiger partial charge on any atom is 0.0991 e. The lowest BCUT2D eigenvalue weighted by atomic mass is 9.71. The molecule has 86 valence electrons. The van der Waals surface area contributed by atoms with E-state index in [1.54, 1.807) is 0 Å². The number of hydrogen-bond acceptors (Lipinski definition) is 3. The summed E-state index contributed by atoms with van der Waals surface area (Å²) in [5.74, 6) is 0. The van der Waals surface area contributed by atoms with Crippen molar-refractivity contribution in [3.8, 4) is 6.07 Å². The number of fused-ring (bicyclic) bond motifs is 2. The Balaban J connectivity index is 2.08. The lowest BCUT2D eigenvalue weighted by Crippen LogP contribution is -2.42. The van der Waals surface area contributed by atoms with Gasteiger partial charge >= 0.3 is 0 Å². The third-order valence-electron chi connectivity index (χ3n) is 3.87. The second-order valence-electron chi connectivity index (χ2n) is 4.86. The average molecular weight is 225 g/mol. The zero-order chi connectivity index (χ0) is 11.7. The fourth-order valence-corrected chi connectivity index (χ4v) is 2.94. The topological polar surface area (TPSA) is 48.2 Å². The molecule has 1 aromatic rings. The average Bonchev–Trinajstić information content (AvgIpc) is 2.39. The number of aliphatic imine (C=N–C) groups is 1. The second kappa shape index (κ2) is 3.97. The van der Waals surface area contributed by atoms with Crippen LogP contribution in [0.3, 0.4) is 0 Å². The number of nitriles is 1. The molecule has 0 aliphatic carbocycles. The largest absolute Gasteiger partial charge is 0.317 e. The van der Waals surface area contributed by atoms with Crippen LogP contribution in [-0.2, 0) is 12.0 Å². The van der Waals surface area contributed by atoms with Crippen molar-refractivity contribution >= 4 is 6.21 Å². The van der Waals surface area contributed by atoms with Crippen molar-refractivity contribution in [3.05, 3.63) is 34.9 Å². The van der Waals surface area contributed by atoms with E-state index in [-0.39, 0.29) is 5.41 Å². The summed E-state index contributed by atoms with van der Waals surface area (Å²) in [6.45, 7) is 2.82. The van der Waals surface area contributed by atoms with Crippen LogP contribution in [0.5, 0.6) is 0 Å². The van der Waals surface area contributed by atoms with Crippen molar-refractivity contribution in [2.24, 2.45) is 4.99 Å². The third-order valence-corrected chi connectivity index (χ3v) is 3.87. The van der Waals surface area contributed by atoms with E-state index in [0.717, 1.165) is 38.0 Å². The molecule has 1 fully saturated rings. The molecule has 0 unspecified atom stereocenters. The Morgan fingerprint density at radius 2 is 2.12 bits per heavy atom. The lowest BCUT2D eigenvalue weighted by Gasteiger charge is -2.38. The highest BCUT2D eigenvalue weighted by Crippen LogP contribution is 2.37. The van der Waals surface area contributed by atoms with Gasteiger partial charge in [0.05, 0.1) is 18.2 Å². The van der Waals surface area contributed by atoms with Crippen LogP contribution in [0.15, 0.2) is 23.2 Å². The normalized spacial score (nSPS) is 20.9. The fourth-order valence-electron chi connectivity index (χ4n) is 2.94. The van der Waals surface area contributed by atoms with Gasteiger partial charge in [-0.3, -0.25) is 4.99 Å². The standard InChI is InChI=1S/C14H15N3/c15-8-11-1-2-13-12(7-11)9-17-10-14(13)3-5-16-6-4-14/h1-2,7,10,16H,3-6,9H2. The van der Waals surface area contributed by atoms with Gasteiger partial charge < -0.3 is 5.32 Å². The van der Waals surface area contributed by atoms with Gasteiger partial charge in [0.25, 0.3) is 0 Å². The molecule has 0 aromatic heterocycles. The van der Waals surface area contributed by atoms with Crippen LogP contribution in [-0.4, -0.2) is 19.3 Å². The van der Waals surface area contributed by atoms with E-state index in [9.17, 15) is 0 Å². The van der Waals surface area contributed by atoms with Gasteiger partial charge in [0, 0.05) is 11.6 Å². The van der Waals surface area contributed by atoms with Gasteiger partial charge in [0.2, 0.25) is 0 Å². The molecule has 3 rings (SSSR count). The maximum atomic E-state index is 8.94. The Hall–Kier alpha value is -1.66. The summed E-state index contributed by atoms with van der Waals surface area (Å²) in [5, 5.41) is 12.3. The van der Waals surface area contributed by atoms with Crippen molar-refractivity contribution in [2.75, 3.05) is 13.1 Å². The molecule has 0 atom stereocenters. The molecule has 0 bridgehead atoms. The summed E-state index contributed by atoms with van der Waals surface area (Å²) in [7, 11) is 0. The molecule has 17 heavy (non-hydrogen) atoms. The summed E-state index contributed by atoms with van der Waals surface area (Å²) in [6.07, 6.45) is 4.35. The van der Waals surface area contributed by atoms with Crippen LogP contribution < -0.4 is 5.32 Å². The summed E-state index contributed by atoms with van der Waals surface area (Å²) in [6, 6.07) is 8.26. The van der Waals surface area contributed by atoms with Crippen molar-refractivity contribution in [1.29, 1.82) is 5.26 Å². The molecule has 1 saturated heterocycles. The SMILES string of the molecule is N#Cc1ccc2c(c1)CN=CC21CCNCC1. The molecular formula is C14H15N3. The maximum absolute atomic E-state index is 8.94. The molecule has 2 aliphatic rings. The van der Waals surface area contributed by atoms with Gasteiger partial charge in [-0.2, -0.15) is 5.26 Å². The summed E-state index contributed by atoms with van der Waals surface area (Å²) < 4.78 is 0. The number of hydrogen-bond donors (Lipinski definition) is 1. The van der Waals surface area contributed by atoms with Crippen molar-refractivity contribution < 1.29 is 0 Å². The molecule has 3 heteroatoms. The van der Waals surface area contributed by atoms with E-state index in [4.69, 9.17) is 5.26 Å². The fraction of sp³-hybridized carbons (Fsp3) is 0.429. The Morgan fingerprint density at radius 3 is 2.88 bits per heavy atom. The number of nitrogens with zero attached hydrogens (tertiary/aromatic N) is 2. The van der Waals surface area contributed by atoms with Crippen LogP contribution in [0.2, 0.25) is 0 Å². The number of rotatable bonds is 0. The van der Waals surface area contributed by atoms with E-state index in [1.165, 1.54) is 11.1 Å². The van der Waals surface area contributed by atoms with Gasteiger partial charge in [-0.1, -0.05) is 6.07 Å². The summed E-state index contributed by atoms with van der Waals surface area (Å²) in [4.78, 5) is 4.51. The first-order valence-electron chi connectivity index (χ1n) is 6.09. The van der Waals surface area contributed by atoms with Crippen molar-refractivity contribution in [2.45, 2.75) is 24.8 Å². The van der Waals surface area contributed by atoms with Gasteiger partial charge in [-0.15, -0.1) is 0 Å². The lowest BCUT2D eigenvalue weighted by molar-refractivity contribution is 0.396. The molecule has 3 nitrogen and oxygen atoms in total. The number of piperidine rings is 1. The van der Waals surface area contributed by atoms with Crippen molar-refractivity contribution in [1.82, 2.24) is 5.32 Å². The van der Waals surface area contributed by atoms with Crippen LogP contribution >= 0.6 is 0 Å². The third kappa shape index (κ3) is 1.65. The predicted molar refractivity (Wildman–Crippen MR) is 67.1 cm³/mol. The monoisotopic (exact) mass is 225 g/mol. The minimum absolute atomic E-state index is 0.118. The van der Waals surface area contributed by atoms with Gasteiger partial charge in [0.1, 0.15) is 0 Å². The van der Waals surface area contributed by atoms with E-state index < -0.39 is 0 Å². The van der Waals surface area contributed by atoms with E-state index in [0.29, 0.717) is 0 Å². The van der Waals surface area contributed by atoms with E-state index >= 15 is 0 Å². The molecule has 0 amide bonds. The van der Waals surface area contributed by atoms with E-state index in [2.05, 4.69) is 28.7 Å². The molecule has 1 N–H and O–H groups in total. The minimum atomic E-state index is 0.118. The quantitative estimate of drug-likeness (QED) is 0.731. The molecule has 0 saturated carbocycles. The second-order valence-corrected chi connectivity index (χ2v) is 4.86. The minimum Gasteiger partial charge on any atom is -0.317 e. The molecule has 2 aliphatic heterocycles. The summed E-state index contributed by atoms with van der Waals surface area (Å²) in [5.41, 5.74) is 3.47. The molecule has 0 radical (unpaired) electrons. The van der Waals surface area contributed by atoms with Gasteiger partial charge in [-0.05, 0) is 49.2 Å². The number of nitrogens with one attached hydrogen (secondary N) is 1. The smallest absolute Gasteiger partial charge is 0.0991 e. The van der Waals surface area contributed by atoms with Gasteiger partial charge in [0.15, 0.2) is 0 Å². The van der Waals surface area contributed by atoms with Crippen LogP contribution in [0.25, 0.3) is 0 Å². The Bertz CT molecular complexity index is 505. The molecular weight excluding hydrogens is 210 g/mol. The predicted octanol–water partition coefficient (Wildman–Crippen LogP) is 1.76. The summed E-state index contributed by atoms with van der Waals surface area (Å²) >= 11 is 0. The highest BCUT2D eigenvalue weighted by Gasteiger charge is 2.35. The molecule has 2 heterocycles. The number of benzene rings is 1. The zero-order valence-electron chi connectivity index (χ0n) is 9.74. The van der Waals surface area contributed by atoms with Crippen LogP contribution in [0.4, 0.5) is 0 Å². The first-order chi connectivity index (χ1) is 8.34. The van der Waals surface area contributed by atoms with Crippen molar-refractivity contribution in [3.63, 3.8) is 0 Å². The molecule has 1 spiro atoms. The highest BCUT2D eigenvalue weighted by molar-refractivity contribution is 5.77. The molecule has 1 aromatic carbocycles. The zero-order valence-corrected chi connectivity index (χ0v) is 9.74. The highest BCUT2D eigenvalue weighted by atomic mass is 14.9. The first kappa shape index (κ1) is 10.5. The van der Waals surface area contributed by atoms with Gasteiger partial charge in [-0.25, -0.2) is 0 Å². The Kier molecular flexibility index (Phi) is 2.45. The van der Waals surface area contributed by atoms with E-state index in [1.807, 2.05) is 12.1 Å².